The summed E-state index contributed by atoms with van der Waals surface area (Å²) in [5, 5.41) is 6.84. The topological polar surface area (TPSA) is 41.6 Å². The van der Waals surface area contributed by atoms with E-state index in [0.717, 1.165) is 16.7 Å². The molecule has 56 valence electrons. The lowest BCUT2D eigenvalue weighted by molar-refractivity contribution is 1.05. The second kappa shape index (κ2) is 2.51. The monoisotopic (exact) mass is 167 g/mol. The number of nitrogens with zero attached hydrogens (tertiary/aromatic N) is 2. The van der Waals surface area contributed by atoms with Crippen LogP contribution in [0.4, 0.5) is 0 Å². The van der Waals surface area contributed by atoms with Gasteiger partial charge in [0, 0.05) is 6.20 Å². The van der Waals surface area contributed by atoms with Crippen LogP contribution in [0.15, 0.2) is 18.3 Å². The lowest BCUT2D eigenvalue weighted by atomic mass is 10.3. The van der Waals surface area contributed by atoms with Crippen LogP contribution in [0.1, 0.15) is 5.69 Å². The first kappa shape index (κ1) is 6.61. The fourth-order valence-electron chi connectivity index (χ4n) is 0.993. The molecule has 0 saturated heterocycles. The number of fused-ring (bicyclic) bond motifs is 1. The van der Waals surface area contributed by atoms with E-state index in [9.17, 15) is 0 Å². The van der Waals surface area contributed by atoms with Gasteiger partial charge in [0.05, 0.1) is 11.6 Å². The quantitative estimate of drug-likeness (QED) is 0.657. The third-order valence-corrected chi connectivity index (χ3v) is 1.78. The number of nitrogens with one attached hydrogen (secondary N) is 1. The summed E-state index contributed by atoms with van der Waals surface area (Å²) in [7, 11) is 0. The molecule has 4 heteroatoms. The molecule has 0 aromatic carbocycles. The number of rotatable bonds is 1. The summed E-state index contributed by atoms with van der Waals surface area (Å²) in [5.74, 6) is 0.424. The lowest BCUT2D eigenvalue weighted by Crippen LogP contribution is -1.79. The minimum absolute atomic E-state index is 0.424. The average Bonchev–Trinajstić information content (AvgIpc) is 2.47. The Morgan fingerprint density at radius 2 is 2.45 bits per heavy atom. The van der Waals surface area contributed by atoms with Crippen LogP contribution >= 0.6 is 11.6 Å². The van der Waals surface area contributed by atoms with E-state index in [4.69, 9.17) is 11.6 Å². The largest absolute Gasteiger partial charge is 0.278 e. The van der Waals surface area contributed by atoms with Crippen LogP contribution in [0.3, 0.4) is 0 Å². The van der Waals surface area contributed by atoms with Gasteiger partial charge in [-0.25, -0.2) is 0 Å². The molecule has 2 heterocycles. The molecule has 3 nitrogen and oxygen atoms in total. The van der Waals surface area contributed by atoms with Gasteiger partial charge in [0.2, 0.25) is 0 Å². The second-order valence-corrected chi connectivity index (χ2v) is 2.47. The highest BCUT2D eigenvalue weighted by molar-refractivity contribution is 6.17. The van der Waals surface area contributed by atoms with E-state index in [1.807, 2.05) is 12.1 Å². The summed E-state index contributed by atoms with van der Waals surface area (Å²) in [5.41, 5.74) is 2.60. The lowest BCUT2D eigenvalue weighted by Gasteiger charge is -1.86. The number of halogens is 1. The van der Waals surface area contributed by atoms with Gasteiger partial charge in [-0.05, 0) is 12.1 Å². The van der Waals surface area contributed by atoms with Crippen LogP contribution in [0, 0.1) is 0 Å². The Labute approximate surface area is 68.4 Å². The highest BCUT2D eigenvalue weighted by Gasteiger charge is 2.02. The van der Waals surface area contributed by atoms with Crippen molar-refractivity contribution >= 4 is 22.6 Å². The Kier molecular flexibility index (Phi) is 1.51. The fraction of sp³-hybridized carbons (Fsp3) is 0.143. The van der Waals surface area contributed by atoms with Crippen LogP contribution in [0.5, 0.6) is 0 Å². The molecule has 0 radical (unpaired) electrons. The van der Waals surface area contributed by atoms with Gasteiger partial charge in [-0.2, -0.15) is 5.10 Å². The van der Waals surface area contributed by atoms with Gasteiger partial charge in [-0.1, -0.05) is 0 Å². The fourth-order valence-corrected chi connectivity index (χ4v) is 1.18. The van der Waals surface area contributed by atoms with Crippen LogP contribution in [0.25, 0.3) is 11.0 Å². The first-order chi connectivity index (χ1) is 5.42. The highest BCUT2D eigenvalue weighted by atomic mass is 35.5. The van der Waals surface area contributed by atoms with Crippen molar-refractivity contribution in [3.63, 3.8) is 0 Å². The summed E-state index contributed by atoms with van der Waals surface area (Å²) >= 11 is 5.64. The van der Waals surface area contributed by atoms with E-state index >= 15 is 0 Å². The molecule has 11 heavy (non-hydrogen) atoms. The van der Waals surface area contributed by atoms with E-state index in [-0.39, 0.29) is 0 Å². The molecule has 0 spiro atoms. The number of aromatic nitrogens is 3. The molecular weight excluding hydrogens is 162 g/mol. The summed E-state index contributed by atoms with van der Waals surface area (Å²) in [6.45, 7) is 0. The molecule has 0 unspecified atom stereocenters. The molecule has 0 fully saturated rings. The standard InChI is InChI=1S/C7H6ClN3/c8-4-6-7-5(10-11-6)2-1-3-9-7/h1-3H,4H2,(H,10,11). The molecule has 0 aliphatic rings. The van der Waals surface area contributed by atoms with Gasteiger partial charge in [-0.15, -0.1) is 11.6 Å². The van der Waals surface area contributed by atoms with E-state index in [1.54, 1.807) is 6.20 Å². The van der Waals surface area contributed by atoms with E-state index in [0.29, 0.717) is 5.88 Å². The van der Waals surface area contributed by atoms with Crippen LogP contribution in [-0.4, -0.2) is 15.2 Å². The van der Waals surface area contributed by atoms with Gasteiger partial charge in [-0.3, -0.25) is 10.1 Å². The predicted molar refractivity (Wildman–Crippen MR) is 43.4 cm³/mol. The number of H-pyrrole nitrogens is 1. The van der Waals surface area contributed by atoms with Crippen LogP contribution < -0.4 is 0 Å². The second-order valence-electron chi connectivity index (χ2n) is 2.21. The first-order valence-corrected chi connectivity index (χ1v) is 3.79. The third-order valence-electron chi connectivity index (χ3n) is 1.52. The maximum absolute atomic E-state index is 5.64. The maximum atomic E-state index is 5.64. The van der Waals surface area contributed by atoms with Gasteiger partial charge in [0.25, 0.3) is 0 Å². The molecule has 2 aromatic rings. The average molecular weight is 168 g/mol. The summed E-state index contributed by atoms with van der Waals surface area (Å²) < 4.78 is 0. The van der Waals surface area contributed by atoms with Crippen LogP contribution in [-0.2, 0) is 5.88 Å². The van der Waals surface area contributed by atoms with Crippen molar-refractivity contribution in [3.8, 4) is 0 Å². The van der Waals surface area contributed by atoms with Crippen molar-refractivity contribution in [2.24, 2.45) is 0 Å². The number of pyridine rings is 1. The van der Waals surface area contributed by atoms with Gasteiger partial charge in [0.1, 0.15) is 11.0 Å². The van der Waals surface area contributed by atoms with Crippen LogP contribution in [0.2, 0.25) is 0 Å². The molecule has 0 amide bonds. The zero-order chi connectivity index (χ0) is 7.68. The molecule has 0 atom stereocenters. The van der Waals surface area contributed by atoms with Crippen molar-refractivity contribution in [1.82, 2.24) is 15.2 Å². The molecule has 0 aliphatic carbocycles. The Hall–Kier alpha value is -1.09. The summed E-state index contributed by atoms with van der Waals surface area (Å²) in [4.78, 5) is 4.13. The Bertz CT molecular complexity index is 368. The minimum Gasteiger partial charge on any atom is -0.278 e. The molecule has 2 rings (SSSR count). The van der Waals surface area contributed by atoms with Gasteiger partial charge >= 0.3 is 0 Å². The van der Waals surface area contributed by atoms with Crippen molar-refractivity contribution in [2.75, 3.05) is 0 Å². The number of hydrogen-bond donors (Lipinski definition) is 1. The summed E-state index contributed by atoms with van der Waals surface area (Å²) in [6, 6.07) is 3.75. The number of alkyl halides is 1. The minimum atomic E-state index is 0.424. The predicted octanol–water partition coefficient (Wildman–Crippen LogP) is 1.70. The van der Waals surface area contributed by atoms with E-state index < -0.39 is 0 Å². The SMILES string of the molecule is ClCc1[nH]nc2cccnc12. The maximum Gasteiger partial charge on any atom is 0.112 e. The Balaban J connectivity index is 2.76. The molecule has 0 bridgehead atoms. The zero-order valence-electron chi connectivity index (χ0n) is 5.71. The smallest absolute Gasteiger partial charge is 0.112 e. The van der Waals surface area contributed by atoms with E-state index in [1.165, 1.54) is 0 Å². The Morgan fingerprint density at radius 3 is 3.27 bits per heavy atom. The zero-order valence-corrected chi connectivity index (χ0v) is 6.47. The molecule has 1 N–H and O–H groups in total. The first-order valence-electron chi connectivity index (χ1n) is 3.26. The van der Waals surface area contributed by atoms with Gasteiger partial charge in [0.15, 0.2) is 0 Å². The van der Waals surface area contributed by atoms with Crippen molar-refractivity contribution in [2.45, 2.75) is 5.88 Å². The van der Waals surface area contributed by atoms with Crippen molar-refractivity contribution < 1.29 is 0 Å². The molecule has 0 aliphatic heterocycles. The Morgan fingerprint density at radius 1 is 1.55 bits per heavy atom. The van der Waals surface area contributed by atoms with Crippen molar-refractivity contribution in [3.05, 3.63) is 24.0 Å². The summed E-state index contributed by atoms with van der Waals surface area (Å²) in [6.07, 6.45) is 1.73. The normalized spacial score (nSPS) is 10.6. The highest BCUT2D eigenvalue weighted by Crippen LogP contribution is 2.12. The molecule has 2 aromatic heterocycles. The van der Waals surface area contributed by atoms with Gasteiger partial charge < -0.3 is 0 Å². The third kappa shape index (κ3) is 0.973. The van der Waals surface area contributed by atoms with E-state index in [2.05, 4.69) is 15.2 Å². The molecule has 0 saturated carbocycles. The number of hydrogen-bond acceptors (Lipinski definition) is 2. The van der Waals surface area contributed by atoms with Crippen molar-refractivity contribution in [1.29, 1.82) is 0 Å². The molecular formula is C7H6ClN3. The number of aromatic amines is 1.